The summed E-state index contributed by atoms with van der Waals surface area (Å²) in [5.74, 6) is -1.60. The Morgan fingerprint density at radius 1 is 0.640 bits per heavy atom. The molecule has 0 unspecified atom stereocenters. The zero-order valence-electron chi connectivity index (χ0n) is 14.8. The maximum atomic E-state index is 10.9. The predicted octanol–water partition coefficient (Wildman–Crippen LogP) is -0.0978. The minimum absolute atomic E-state index is 0. The fraction of sp³-hybridized carbons (Fsp3) is 0.857. The van der Waals surface area contributed by atoms with Crippen molar-refractivity contribution in [1.29, 1.82) is 0 Å². The average Bonchev–Trinajstić information content (AvgIpc) is 2.42. The first-order valence-electron chi connectivity index (χ1n) is 7.62. The molecule has 1 fully saturated rings. The highest BCUT2D eigenvalue weighted by Gasteiger charge is 2.16. The van der Waals surface area contributed by atoms with Crippen molar-refractivity contribution in [3.63, 3.8) is 0 Å². The number of likely N-dealkylation sites (N-methyl/N-ethyl adjacent to an activating group) is 2. The van der Waals surface area contributed by atoms with Crippen LogP contribution in [0.2, 0.25) is 0 Å². The molecule has 0 aromatic rings. The number of carbonyl (C=O) groups is 2. The van der Waals surface area contributed by atoms with Crippen LogP contribution in [0, 0.1) is 0 Å². The second kappa shape index (κ2) is 15.9. The van der Waals surface area contributed by atoms with Gasteiger partial charge in [-0.2, -0.15) is 0 Å². The Bertz CT molecular complexity index is 330. The topological polar surface area (TPSA) is 87.6 Å². The van der Waals surface area contributed by atoms with Gasteiger partial charge in [0, 0.05) is 52.4 Å². The van der Waals surface area contributed by atoms with Crippen LogP contribution < -0.4 is 0 Å². The lowest BCUT2D eigenvalue weighted by Gasteiger charge is -2.30. The van der Waals surface area contributed by atoms with Gasteiger partial charge in [-0.1, -0.05) is 0 Å². The number of hydrogen-bond acceptors (Lipinski definition) is 6. The molecule has 0 aromatic carbocycles. The molecule has 1 rings (SSSR count). The molecule has 1 heterocycles. The minimum atomic E-state index is -0.801. The van der Waals surface area contributed by atoms with E-state index in [-0.39, 0.29) is 50.3 Å². The lowest BCUT2D eigenvalue weighted by Crippen LogP contribution is -2.46. The van der Waals surface area contributed by atoms with Crippen LogP contribution in [-0.4, -0.2) is 121 Å². The molecule has 1 saturated heterocycles. The third-order valence-corrected chi connectivity index (χ3v) is 3.91. The van der Waals surface area contributed by atoms with Crippen LogP contribution >= 0.6 is 37.2 Å². The van der Waals surface area contributed by atoms with Gasteiger partial charge in [-0.15, -0.1) is 37.2 Å². The maximum Gasteiger partial charge on any atom is 0.317 e. The predicted molar refractivity (Wildman–Crippen MR) is 105 cm³/mol. The van der Waals surface area contributed by atoms with Gasteiger partial charge in [-0.25, -0.2) is 0 Å². The van der Waals surface area contributed by atoms with E-state index < -0.39 is 11.9 Å². The van der Waals surface area contributed by atoms with Gasteiger partial charge in [0.15, 0.2) is 0 Å². The van der Waals surface area contributed by atoms with Crippen molar-refractivity contribution < 1.29 is 19.8 Å². The van der Waals surface area contributed by atoms with Crippen LogP contribution in [0.5, 0.6) is 0 Å². The number of rotatable bonds is 4. The molecule has 0 aromatic heterocycles. The molecule has 0 spiro atoms. The molecular formula is C14H31Cl3N4O4. The standard InChI is InChI=1S/C14H28N4O4.3ClH/c1-15-3-7-17(11-13(19)20)9-5-16(2)6-10-18(8-4-15)12-14(21)22;;;/h3-12H2,1-2H3,(H,19,20)(H,21,22);3*1H. The second-order valence-corrected chi connectivity index (χ2v) is 5.95. The van der Waals surface area contributed by atoms with Gasteiger partial charge < -0.3 is 20.0 Å². The van der Waals surface area contributed by atoms with Crippen molar-refractivity contribution in [3.8, 4) is 0 Å². The molecule has 0 amide bonds. The summed E-state index contributed by atoms with van der Waals surface area (Å²) in [7, 11) is 3.96. The van der Waals surface area contributed by atoms with Gasteiger partial charge in [0.1, 0.15) is 0 Å². The molecule has 25 heavy (non-hydrogen) atoms. The van der Waals surface area contributed by atoms with Crippen molar-refractivity contribution in [3.05, 3.63) is 0 Å². The summed E-state index contributed by atoms with van der Waals surface area (Å²) in [4.78, 5) is 30.0. The molecule has 0 bridgehead atoms. The molecule has 11 heteroatoms. The normalized spacial score (nSPS) is 19.3. The summed E-state index contributed by atoms with van der Waals surface area (Å²) in [6.45, 7) is 6.04. The van der Waals surface area contributed by atoms with Crippen molar-refractivity contribution in [2.24, 2.45) is 0 Å². The van der Waals surface area contributed by atoms with E-state index in [1.807, 2.05) is 23.9 Å². The minimum Gasteiger partial charge on any atom is -0.480 e. The molecule has 0 radical (unpaired) electrons. The Kier molecular flexibility index (Phi) is 18.7. The SMILES string of the molecule is CN1CCN(CC(=O)O)CCN(C)CCN(CC(=O)O)CC1.Cl.Cl.Cl. The number of carboxylic acid groups (broad SMARTS) is 2. The summed E-state index contributed by atoms with van der Waals surface area (Å²) in [6.07, 6.45) is 0. The van der Waals surface area contributed by atoms with E-state index in [4.69, 9.17) is 10.2 Å². The smallest absolute Gasteiger partial charge is 0.317 e. The first-order chi connectivity index (χ1) is 10.4. The first-order valence-corrected chi connectivity index (χ1v) is 7.62. The molecule has 152 valence electrons. The van der Waals surface area contributed by atoms with Crippen molar-refractivity contribution in [2.75, 3.05) is 79.5 Å². The van der Waals surface area contributed by atoms with Gasteiger partial charge in [-0.05, 0) is 14.1 Å². The van der Waals surface area contributed by atoms with Crippen molar-refractivity contribution in [2.45, 2.75) is 0 Å². The summed E-state index contributed by atoms with van der Waals surface area (Å²) in [6, 6.07) is 0. The van der Waals surface area contributed by atoms with Crippen LogP contribution in [0.15, 0.2) is 0 Å². The van der Waals surface area contributed by atoms with Crippen molar-refractivity contribution >= 4 is 49.2 Å². The Morgan fingerprint density at radius 2 is 0.880 bits per heavy atom. The van der Waals surface area contributed by atoms with E-state index in [2.05, 4.69) is 9.80 Å². The van der Waals surface area contributed by atoms with E-state index in [9.17, 15) is 9.59 Å². The second-order valence-electron chi connectivity index (χ2n) is 5.95. The van der Waals surface area contributed by atoms with Crippen LogP contribution in [0.3, 0.4) is 0 Å². The Labute approximate surface area is 168 Å². The number of halogens is 3. The van der Waals surface area contributed by atoms with Gasteiger partial charge in [0.05, 0.1) is 13.1 Å². The van der Waals surface area contributed by atoms with E-state index in [0.29, 0.717) is 26.2 Å². The maximum absolute atomic E-state index is 10.9. The van der Waals surface area contributed by atoms with Gasteiger partial charge in [-0.3, -0.25) is 19.4 Å². The monoisotopic (exact) mass is 424 g/mol. The van der Waals surface area contributed by atoms with E-state index >= 15 is 0 Å². The molecule has 0 saturated carbocycles. The van der Waals surface area contributed by atoms with E-state index in [1.54, 1.807) is 0 Å². The summed E-state index contributed by atoms with van der Waals surface area (Å²) in [5, 5.41) is 17.9. The van der Waals surface area contributed by atoms with Crippen LogP contribution in [0.4, 0.5) is 0 Å². The van der Waals surface area contributed by atoms with Crippen molar-refractivity contribution in [1.82, 2.24) is 19.6 Å². The third kappa shape index (κ3) is 14.5. The summed E-state index contributed by atoms with van der Waals surface area (Å²) < 4.78 is 0. The molecular weight excluding hydrogens is 395 g/mol. The molecule has 2 N–H and O–H groups in total. The summed E-state index contributed by atoms with van der Waals surface area (Å²) in [5.41, 5.74) is 0. The quantitative estimate of drug-likeness (QED) is 0.646. The summed E-state index contributed by atoms with van der Waals surface area (Å²) >= 11 is 0. The average molecular weight is 426 g/mol. The zero-order valence-corrected chi connectivity index (χ0v) is 17.2. The molecule has 1 aliphatic heterocycles. The third-order valence-electron chi connectivity index (χ3n) is 3.91. The number of aliphatic carboxylic acids is 2. The number of hydrogen-bond donors (Lipinski definition) is 2. The highest BCUT2D eigenvalue weighted by atomic mass is 35.5. The van der Waals surface area contributed by atoms with Crippen LogP contribution in [0.1, 0.15) is 0 Å². The first kappa shape index (κ1) is 29.4. The van der Waals surface area contributed by atoms with Gasteiger partial charge >= 0.3 is 11.9 Å². The Balaban J connectivity index is -0.00000161. The van der Waals surface area contributed by atoms with Gasteiger partial charge in [0.2, 0.25) is 0 Å². The van der Waals surface area contributed by atoms with Crippen LogP contribution in [0.25, 0.3) is 0 Å². The molecule has 8 nitrogen and oxygen atoms in total. The van der Waals surface area contributed by atoms with E-state index in [0.717, 1.165) is 26.2 Å². The molecule has 1 aliphatic rings. The molecule has 0 aliphatic carbocycles. The fourth-order valence-corrected chi connectivity index (χ4v) is 2.39. The fourth-order valence-electron chi connectivity index (χ4n) is 2.39. The number of carboxylic acids is 2. The Hall–Kier alpha value is -0.350. The molecule has 0 atom stereocenters. The van der Waals surface area contributed by atoms with Crippen LogP contribution in [-0.2, 0) is 9.59 Å². The lowest BCUT2D eigenvalue weighted by molar-refractivity contribution is -0.139. The highest BCUT2D eigenvalue weighted by molar-refractivity contribution is 5.86. The van der Waals surface area contributed by atoms with E-state index in [1.165, 1.54) is 0 Å². The lowest BCUT2D eigenvalue weighted by atomic mass is 10.3. The zero-order chi connectivity index (χ0) is 16.5. The Morgan fingerprint density at radius 3 is 1.08 bits per heavy atom. The number of nitrogens with zero attached hydrogens (tertiary/aromatic N) is 4. The van der Waals surface area contributed by atoms with Gasteiger partial charge in [0.25, 0.3) is 0 Å². The largest absolute Gasteiger partial charge is 0.480 e. The highest BCUT2D eigenvalue weighted by Crippen LogP contribution is 1.98.